The Morgan fingerprint density at radius 1 is 0.705 bits per heavy atom. The number of hydrogen-bond donors (Lipinski definition) is 6. The predicted octanol–water partition coefficient (Wildman–Crippen LogP) is 8.32. The summed E-state index contributed by atoms with van der Waals surface area (Å²) < 4.78 is 40.2. The number of aromatic hydroxyl groups is 2. The van der Waals surface area contributed by atoms with Crippen LogP contribution in [-0.2, 0) is 11.2 Å². The smallest absolute Gasteiger partial charge is 0.269 e. The molecule has 1 aliphatic rings. The fraction of sp³-hybridized carbons (Fsp3) is 0.381. The molecule has 61 heavy (non-hydrogen) atoms. The Labute approximate surface area is 362 Å². The summed E-state index contributed by atoms with van der Waals surface area (Å²) in [5, 5.41) is 33.7. The highest BCUT2D eigenvalue weighted by molar-refractivity contribution is 7.83. The van der Waals surface area contributed by atoms with E-state index < -0.39 is 11.2 Å². The molecule has 0 spiro atoms. The number of carbonyl (C=O) groups excluding carboxylic acids is 2. The molecule has 0 radical (unpaired) electrons. The Morgan fingerprint density at radius 2 is 1.16 bits per heavy atom. The predicted molar refractivity (Wildman–Crippen MR) is 240 cm³/mol. The average molecular weight is 875 g/mol. The van der Waals surface area contributed by atoms with Crippen LogP contribution in [0.2, 0.25) is 0 Å². The molecule has 0 fully saturated rings. The number of anilines is 4. The number of amides is 2. The number of carbonyl (C=O) groups is 2. The number of phenols is 2. The van der Waals surface area contributed by atoms with Crippen LogP contribution in [0.3, 0.4) is 0 Å². The van der Waals surface area contributed by atoms with Crippen molar-refractivity contribution < 1.29 is 32.8 Å². The molecule has 1 unspecified atom stereocenters. The first-order chi connectivity index (χ1) is 29.0. The van der Waals surface area contributed by atoms with Crippen LogP contribution in [0, 0.1) is 0 Å². The second-order valence-corrected chi connectivity index (χ2v) is 16.6. The molecule has 3 atom stereocenters. The van der Waals surface area contributed by atoms with Crippen LogP contribution in [0.5, 0.6) is 11.5 Å². The highest BCUT2D eigenvalue weighted by atomic mass is 32.2. The molecular weight excluding hydrogens is 821 g/mol. The molecule has 3 aromatic heterocycles. The molecule has 6 rings (SSSR count). The maximum absolute atomic E-state index is 12.3. The number of phenolic OH excluding ortho intramolecular Hbond substituents is 2. The van der Waals surface area contributed by atoms with Crippen LogP contribution in [0.25, 0.3) is 0 Å². The van der Waals surface area contributed by atoms with E-state index in [2.05, 4.69) is 79.5 Å². The quantitative estimate of drug-likeness (QED) is 0.0578. The summed E-state index contributed by atoms with van der Waals surface area (Å²) in [7, 11) is 6.48. The van der Waals surface area contributed by atoms with Crippen LogP contribution in [0.15, 0.2) is 78.7 Å². The van der Waals surface area contributed by atoms with Crippen molar-refractivity contribution in [3.05, 3.63) is 94.8 Å². The van der Waals surface area contributed by atoms with Gasteiger partial charge in [0, 0.05) is 28.2 Å². The van der Waals surface area contributed by atoms with Gasteiger partial charge in [0.05, 0.1) is 58.8 Å². The van der Waals surface area contributed by atoms with Crippen molar-refractivity contribution in [2.75, 3.05) is 44.1 Å². The lowest BCUT2D eigenvalue weighted by Gasteiger charge is -2.18. The molecule has 17 nitrogen and oxygen atoms in total. The van der Waals surface area contributed by atoms with Crippen LogP contribution in [0.1, 0.15) is 122 Å². The molecule has 5 aromatic rings. The number of nitrogens with zero attached hydrogens (tertiary/aromatic N) is 6. The van der Waals surface area contributed by atoms with E-state index in [-0.39, 0.29) is 63.9 Å². The van der Waals surface area contributed by atoms with Crippen LogP contribution < -0.4 is 21.3 Å². The molecule has 19 heteroatoms. The van der Waals surface area contributed by atoms with Crippen LogP contribution in [-0.4, -0.2) is 84.6 Å². The molecule has 0 aliphatic carbocycles. The maximum atomic E-state index is 12.3. The number of rotatable bonds is 14. The minimum Gasteiger partial charge on any atom is -0.505 e. The van der Waals surface area contributed by atoms with Gasteiger partial charge >= 0.3 is 0 Å². The van der Waals surface area contributed by atoms with Crippen molar-refractivity contribution in [2.24, 2.45) is 8.80 Å². The van der Waals surface area contributed by atoms with E-state index >= 15 is 0 Å². The molecule has 0 saturated heterocycles. The fourth-order valence-electron chi connectivity index (χ4n) is 5.96. The van der Waals surface area contributed by atoms with Crippen molar-refractivity contribution in [1.29, 1.82) is 0 Å². The Balaban J connectivity index is 0.000000231. The number of hydrogen-bond acceptors (Lipinski definition) is 14. The van der Waals surface area contributed by atoms with Crippen molar-refractivity contribution in [3.63, 3.8) is 0 Å². The summed E-state index contributed by atoms with van der Waals surface area (Å²) in [4.78, 5) is 27.3. The Hall–Kier alpha value is -6.21. The summed E-state index contributed by atoms with van der Waals surface area (Å²) in [5.41, 5.74) is 3.23. The lowest BCUT2D eigenvalue weighted by molar-refractivity contribution is 0.0817. The van der Waals surface area contributed by atoms with E-state index in [1.165, 1.54) is 15.9 Å². The van der Waals surface area contributed by atoms with Gasteiger partial charge < -0.3 is 50.1 Å². The highest BCUT2D eigenvalue weighted by Gasteiger charge is 2.26. The second kappa shape index (κ2) is 20.4. The van der Waals surface area contributed by atoms with Gasteiger partial charge in [0.25, 0.3) is 23.0 Å². The van der Waals surface area contributed by atoms with Crippen molar-refractivity contribution >= 4 is 69.4 Å². The number of amidine groups is 2. The van der Waals surface area contributed by atoms with Gasteiger partial charge in [-0.2, -0.15) is 8.75 Å². The minimum absolute atomic E-state index is 0.0720. The van der Waals surface area contributed by atoms with Crippen LogP contribution in [0.4, 0.5) is 23.0 Å². The van der Waals surface area contributed by atoms with Gasteiger partial charge in [0.15, 0.2) is 34.8 Å². The summed E-state index contributed by atoms with van der Waals surface area (Å²) in [6.07, 6.45) is 5.01. The zero-order chi connectivity index (χ0) is 44.5. The average Bonchev–Trinajstić information content (AvgIpc) is 4.06. The summed E-state index contributed by atoms with van der Waals surface area (Å²) in [6, 6.07) is 13.5. The normalized spacial score (nSPS) is 14.4. The maximum Gasteiger partial charge on any atom is 0.269 e. The molecule has 2 amide bonds. The summed E-state index contributed by atoms with van der Waals surface area (Å²) >= 11 is -0.746. The van der Waals surface area contributed by atoms with Gasteiger partial charge in [0.1, 0.15) is 11.5 Å². The third-order valence-corrected chi connectivity index (χ3v) is 10.8. The zero-order valence-corrected chi connectivity index (χ0v) is 37.6. The molecule has 2 aromatic carbocycles. The van der Waals surface area contributed by atoms with E-state index in [0.717, 1.165) is 40.8 Å². The Bertz CT molecular complexity index is 2400. The van der Waals surface area contributed by atoms with Crippen molar-refractivity contribution in [2.45, 2.75) is 78.3 Å². The van der Waals surface area contributed by atoms with Crippen LogP contribution >= 0.6 is 11.7 Å². The van der Waals surface area contributed by atoms with E-state index in [4.69, 9.17) is 8.83 Å². The number of benzene rings is 2. The molecule has 0 saturated carbocycles. The first kappa shape index (κ1) is 45.9. The lowest BCUT2D eigenvalue weighted by Crippen LogP contribution is -2.36. The molecule has 1 aliphatic heterocycles. The Kier molecular flexibility index (Phi) is 15.3. The number of para-hydroxylation sites is 2. The minimum atomic E-state index is -1.80. The van der Waals surface area contributed by atoms with Crippen molar-refractivity contribution in [1.82, 2.24) is 23.9 Å². The third kappa shape index (κ3) is 11.1. The largest absolute Gasteiger partial charge is 0.505 e. The molecule has 4 heterocycles. The van der Waals surface area contributed by atoms with Gasteiger partial charge in [-0.05, 0) is 72.2 Å². The van der Waals surface area contributed by atoms with E-state index in [1.807, 2.05) is 13.0 Å². The second-order valence-electron chi connectivity index (χ2n) is 15.2. The van der Waals surface area contributed by atoms with Gasteiger partial charge in [-0.3, -0.25) is 9.59 Å². The monoisotopic (exact) mass is 874 g/mol. The first-order valence-electron chi connectivity index (χ1n) is 19.8. The Morgan fingerprint density at radius 3 is 1.62 bits per heavy atom. The third-order valence-electron chi connectivity index (χ3n) is 9.64. The molecule has 0 bridgehead atoms. The van der Waals surface area contributed by atoms with E-state index in [0.29, 0.717) is 35.6 Å². The van der Waals surface area contributed by atoms with Gasteiger partial charge in [0.2, 0.25) is 0 Å². The molecule has 6 N–H and O–H groups in total. The SMILES string of the molecule is CC[C@@H](NC1=NS(=O)N=C1Nc1cccc(C(=O)N(C)C)c1O)c1cc(C(C)C)co1.CC[C@@H](Nc1nsnc1Nc1cccc(C(=O)N(C)C)c1O)c1cc(C(C)C)co1. The summed E-state index contributed by atoms with van der Waals surface area (Å²) in [5.74, 6) is 2.85. The fourth-order valence-corrected chi connectivity index (χ4v) is 7.06. The topological polar surface area (TPSA) is 223 Å². The van der Waals surface area contributed by atoms with Gasteiger partial charge in [-0.15, -0.1) is 8.80 Å². The van der Waals surface area contributed by atoms with Crippen molar-refractivity contribution in [3.8, 4) is 11.5 Å². The highest BCUT2D eigenvalue weighted by Crippen LogP contribution is 2.35. The lowest BCUT2D eigenvalue weighted by atomic mass is 10.1. The number of nitrogens with one attached hydrogen (secondary N) is 4. The number of aromatic nitrogens is 2. The van der Waals surface area contributed by atoms with E-state index in [1.54, 1.807) is 71.0 Å². The number of furan rings is 2. The summed E-state index contributed by atoms with van der Waals surface area (Å²) in [6.45, 7) is 12.5. The van der Waals surface area contributed by atoms with Gasteiger partial charge in [-0.1, -0.05) is 53.7 Å². The first-order valence-corrected chi connectivity index (χ1v) is 21.5. The molecular formula is C42H54N10O7S2. The zero-order valence-electron chi connectivity index (χ0n) is 35.9. The standard InChI is InChI=1S/C21H27N5O4S.C21H27N5O3S/c1-6-15(17-10-13(11-30-17)12(2)3)22-19-20(25-31(29)24-19)23-16-9-7-8-14(18(16)27)21(28)26(4)5;1-6-15(17-10-13(11-29-17)12(2)3)22-19-20(25-30-24-19)23-16-9-7-8-14(18(16)27)21(28)26(4)5/h7-12,15,27H,6H2,1-5H3,(H,22,24)(H,23,25);7-12,15,27H,6H2,1-5H3,(H,22,24)(H,23,25)/t15-,31?;15-/m11/s1. The van der Waals surface area contributed by atoms with E-state index in [9.17, 15) is 24.0 Å². The van der Waals surface area contributed by atoms with Gasteiger partial charge in [-0.25, -0.2) is 4.21 Å². The molecule has 326 valence electrons.